The highest BCUT2D eigenvalue weighted by Gasteiger charge is 2.41. The van der Waals surface area contributed by atoms with Gasteiger partial charge in [-0.25, -0.2) is 0 Å². The number of hydrogen-bond acceptors (Lipinski definition) is 10. The van der Waals surface area contributed by atoms with E-state index in [4.69, 9.17) is 0 Å². The molecule has 0 aliphatic carbocycles. The van der Waals surface area contributed by atoms with E-state index in [0.29, 0.717) is 0 Å². The summed E-state index contributed by atoms with van der Waals surface area (Å²) in [6.07, 6.45) is 0. The van der Waals surface area contributed by atoms with Crippen LogP contribution in [-0.2, 0) is 0 Å². The Morgan fingerprint density at radius 3 is 1.20 bits per heavy atom. The summed E-state index contributed by atoms with van der Waals surface area (Å²) in [4.78, 5) is 27.8. The van der Waals surface area contributed by atoms with Crippen molar-refractivity contribution in [3.63, 3.8) is 0 Å². The van der Waals surface area contributed by atoms with Crippen LogP contribution in [0.1, 0.15) is 0 Å². The van der Waals surface area contributed by atoms with E-state index in [1.54, 1.807) is 0 Å². The second-order valence-electron chi connectivity index (χ2n) is 2.83. The topological polar surface area (TPSA) is 240 Å². The van der Waals surface area contributed by atoms with Crippen LogP contribution in [0.3, 0.4) is 0 Å². The molecule has 0 fully saturated rings. The fraction of sp³-hybridized carbons (Fsp3) is 0. The summed E-state index contributed by atoms with van der Waals surface area (Å²) < 4.78 is -0.863. The number of phenols is 2. The Hall–Kier alpha value is -2.58. The highest BCUT2D eigenvalue weighted by Crippen LogP contribution is 2.53. The van der Waals surface area contributed by atoms with Gasteiger partial charge >= 0.3 is 17.1 Å². The predicted octanol–water partition coefficient (Wildman–Crippen LogP) is 1.91. The Morgan fingerprint density at radius 1 is 0.750 bits per heavy atom. The second-order valence-corrected chi connectivity index (χ2v) is 3.62. The lowest BCUT2D eigenvalue weighted by atomic mass is 10.2. The second kappa shape index (κ2) is 6.55. The molecule has 0 spiro atoms. The zero-order chi connectivity index (χ0) is 14.2. The molecule has 0 aliphatic rings. The van der Waals surface area contributed by atoms with Crippen LogP contribution < -0.4 is 12.3 Å². The third kappa shape index (κ3) is 2.87. The quantitative estimate of drug-likeness (QED) is 0.451. The summed E-state index contributed by atoms with van der Waals surface area (Å²) in [6, 6.07) is 0. The third-order valence-electron chi connectivity index (χ3n) is 1.86. The number of aromatic hydroxyl groups is 2. The van der Waals surface area contributed by atoms with Gasteiger partial charge in [-0.15, -0.1) is 0 Å². The van der Waals surface area contributed by atoms with Gasteiger partial charge in [-0.3, -0.25) is 30.3 Å². The summed E-state index contributed by atoms with van der Waals surface area (Å²) in [7, 11) is 0. The molecule has 20 heavy (non-hydrogen) atoms. The maximum atomic E-state index is 10.6. The number of rotatable bonds is 3. The van der Waals surface area contributed by atoms with Crippen molar-refractivity contribution in [3.05, 3.63) is 34.8 Å². The highest BCUT2D eigenvalue weighted by atomic mass is 79.9. The fourth-order valence-electron chi connectivity index (χ4n) is 1.16. The normalized spacial score (nSPS) is 9.05. The van der Waals surface area contributed by atoms with Gasteiger partial charge in [-0.1, -0.05) is 0 Å². The molecule has 0 unspecified atom stereocenters. The number of nitrogens with zero attached hydrogens (tertiary/aromatic N) is 3. The SMILES string of the molecule is N.N.O=[N+]([O-])c1c(O)c([N+](=O)[O-])c(Br)c([N+](=O)[O-])c1O. The minimum atomic E-state index is -1.50. The molecule has 0 bridgehead atoms. The van der Waals surface area contributed by atoms with Crippen LogP contribution in [0.5, 0.6) is 11.5 Å². The lowest BCUT2D eigenvalue weighted by molar-refractivity contribution is -0.406. The molecule has 0 atom stereocenters. The van der Waals surface area contributed by atoms with Crippen LogP contribution in [0.15, 0.2) is 4.47 Å². The molecule has 1 aromatic carbocycles. The number of hydrogen-bond donors (Lipinski definition) is 4. The standard InChI is InChI=1S/C6H2BrN3O8.2H3N/c7-1-2(8(13)14)5(11)4(10(17)18)6(12)3(1)9(15)16;;/h11-12H;2*1H3. The number of benzene rings is 1. The molecule has 0 saturated carbocycles. The van der Waals surface area contributed by atoms with Crippen LogP contribution >= 0.6 is 15.9 Å². The van der Waals surface area contributed by atoms with Crippen LogP contribution in [0.2, 0.25) is 0 Å². The predicted molar refractivity (Wildman–Crippen MR) is 67.5 cm³/mol. The Kier molecular flexibility index (Phi) is 6.47. The molecular weight excluding hydrogens is 350 g/mol. The average molecular weight is 358 g/mol. The Morgan fingerprint density at radius 2 is 1.00 bits per heavy atom. The zero-order valence-electron chi connectivity index (χ0n) is 9.48. The summed E-state index contributed by atoms with van der Waals surface area (Å²) in [6.45, 7) is 0. The van der Waals surface area contributed by atoms with Crippen molar-refractivity contribution in [2.75, 3.05) is 0 Å². The van der Waals surface area contributed by atoms with Crippen molar-refractivity contribution >= 4 is 33.0 Å². The van der Waals surface area contributed by atoms with E-state index >= 15 is 0 Å². The molecule has 8 N–H and O–H groups in total. The molecule has 0 amide bonds. The smallest absolute Gasteiger partial charge is 0.366 e. The minimum absolute atomic E-state index is 0. The van der Waals surface area contributed by atoms with E-state index in [1.165, 1.54) is 0 Å². The van der Waals surface area contributed by atoms with Crippen molar-refractivity contribution in [3.8, 4) is 11.5 Å². The molecule has 1 aromatic rings. The number of phenolic OH excluding ortho intramolecular Hbond substituents is 2. The number of halogens is 1. The first-order chi connectivity index (χ1) is 8.20. The van der Waals surface area contributed by atoms with E-state index < -0.39 is 47.8 Å². The zero-order valence-corrected chi connectivity index (χ0v) is 11.1. The van der Waals surface area contributed by atoms with Gasteiger partial charge in [-0.2, -0.15) is 0 Å². The van der Waals surface area contributed by atoms with Crippen molar-refractivity contribution < 1.29 is 25.0 Å². The van der Waals surface area contributed by atoms with E-state index in [2.05, 4.69) is 15.9 Å². The van der Waals surface area contributed by atoms with E-state index in [9.17, 15) is 40.6 Å². The maximum absolute atomic E-state index is 10.6. The number of nitro benzene ring substituents is 3. The molecule has 0 radical (unpaired) electrons. The van der Waals surface area contributed by atoms with Crippen LogP contribution in [0, 0.1) is 30.3 Å². The van der Waals surface area contributed by atoms with Gasteiger partial charge in [0.15, 0.2) is 4.47 Å². The first-order valence-corrected chi connectivity index (χ1v) is 4.70. The van der Waals surface area contributed by atoms with Gasteiger partial charge in [-0.05, 0) is 15.9 Å². The average Bonchev–Trinajstić information content (AvgIpc) is 2.14. The van der Waals surface area contributed by atoms with E-state index in [1.807, 2.05) is 0 Å². The van der Waals surface area contributed by atoms with Crippen molar-refractivity contribution in [1.82, 2.24) is 12.3 Å². The summed E-state index contributed by atoms with van der Waals surface area (Å²) in [5.41, 5.74) is -4.05. The monoisotopic (exact) mass is 357 g/mol. The highest BCUT2D eigenvalue weighted by molar-refractivity contribution is 9.10. The molecule has 14 heteroatoms. The lowest BCUT2D eigenvalue weighted by Gasteiger charge is -2.03. The summed E-state index contributed by atoms with van der Waals surface area (Å²) in [5.74, 6) is -2.94. The van der Waals surface area contributed by atoms with Gasteiger partial charge in [0, 0.05) is 0 Å². The van der Waals surface area contributed by atoms with Gasteiger partial charge in [0.1, 0.15) is 0 Å². The Bertz CT molecular complexity index is 487. The summed E-state index contributed by atoms with van der Waals surface area (Å²) in [5, 5.41) is 50.3. The van der Waals surface area contributed by atoms with Crippen LogP contribution in [-0.4, -0.2) is 25.0 Å². The van der Waals surface area contributed by atoms with Crippen molar-refractivity contribution in [2.24, 2.45) is 0 Å². The van der Waals surface area contributed by atoms with Crippen molar-refractivity contribution in [1.29, 1.82) is 0 Å². The molecule has 0 heterocycles. The molecule has 1 rings (SSSR count). The Labute approximate surface area is 117 Å². The molecule has 0 aromatic heterocycles. The fourth-order valence-corrected chi connectivity index (χ4v) is 1.83. The first kappa shape index (κ1) is 19.8. The largest absolute Gasteiger partial charge is 0.497 e. The van der Waals surface area contributed by atoms with Crippen molar-refractivity contribution in [2.45, 2.75) is 0 Å². The van der Waals surface area contributed by atoms with E-state index in [-0.39, 0.29) is 12.3 Å². The van der Waals surface area contributed by atoms with E-state index in [0.717, 1.165) is 0 Å². The van der Waals surface area contributed by atoms with Gasteiger partial charge in [0.2, 0.25) is 0 Å². The van der Waals surface area contributed by atoms with Crippen LogP contribution in [0.4, 0.5) is 17.1 Å². The lowest BCUT2D eigenvalue weighted by Crippen LogP contribution is -2.00. The molecule has 0 aliphatic heterocycles. The van der Waals surface area contributed by atoms with Crippen LogP contribution in [0.25, 0.3) is 0 Å². The number of nitro groups is 3. The molecule has 0 saturated heterocycles. The van der Waals surface area contributed by atoms with Gasteiger partial charge in [0.05, 0.1) is 14.8 Å². The van der Waals surface area contributed by atoms with Gasteiger partial charge < -0.3 is 22.5 Å². The van der Waals surface area contributed by atoms with Gasteiger partial charge in [0.25, 0.3) is 11.5 Å². The summed E-state index contributed by atoms with van der Waals surface area (Å²) >= 11 is 2.44. The molecule has 112 valence electrons. The molecule has 13 nitrogen and oxygen atoms in total. The maximum Gasteiger partial charge on any atom is 0.366 e. The minimum Gasteiger partial charge on any atom is -0.497 e. The molecular formula is C6H8BrN5O8. The third-order valence-corrected chi connectivity index (χ3v) is 2.61. The Balaban J connectivity index is 0. The first-order valence-electron chi connectivity index (χ1n) is 3.90.